The second-order valence-corrected chi connectivity index (χ2v) is 4.02. The Labute approximate surface area is 99.8 Å². The molecule has 0 fully saturated rings. The minimum Gasteiger partial charge on any atom is -0.392 e. The Morgan fingerprint density at radius 2 is 2.00 bits per heavy atom. The van der Waals surface area contributed by atoms with Crippen molar-refractivity contribution in [2.24, 2.45) is 0 Å². The Morgan fingerprint density at radius 3 is 2.44 bits per heavy atom. The van der Waals surface area contributed by atoms with Gasteiger partial charge in [-0.3, -0.25) is 4.98 Å². The molecule has 0 aliphatic carbocycles. The van der Waals surface area contributed by atoms with E-state index in [9.17, 15) is 0 Å². The number of aryl methyl sites for hydroxylation is 1. The molecule has 2 aromatic heterocycles. The molecule has 2 heterocycles. The van der Waals surface area contributed by atoms with E-state index in [4.69, 9.17) is 5.11 Å². The van der Waals surface area contributed by atoms with Crippen molar-refractivity contribution in [2.45, 2.75) is 27.4 Å². The first-order valence-corrected chi connectivity index (χ1v) is 6.16. The van der Waals surface area contributed by atoms with Gasteiger partial charge in [-0.15, -0.1) is 11.3 Å². The van der Waals surface area contributed by atoms with Crippen LogP contribution in [0.1, 0.15) is 24.4 Å². The summed E-state index contributed by atoms with van der Waals surface area (Å²) in [6, 6.07) is 3.73. The molecule has 0 amide bonds. The molecule has 0 atom stereocenters. The Balaban J connectivity index is 0.000000606. The SMILES string of the molecule is CC.Cc1nc(-c2ccc(CO)cn2)cs1. The first-order chi connectivity index (χ1) is 7.79. The van der Waals surface area contributed by atoms with E-state index < -0.39 is 0 Å². The van der Waals surface area contributed by atoms with Crippen LogP contribution in [-0.2, 0) is 6.61 Å². The topological polar surface area (TPSA) is 46.0 Å². The van der Waals surface area contributed by atoms with Gasteiger partial charge in [-0.25, -0.2) is 4.98 Å². The summed E-state index contributed by atoms with van der Waals surface area (Å²) in [7, 11) is 0. The van der Waals surface area contributed by atoms with Gasteiger partial charge in [0, 0.05) is 11.6 Å². The van der Waals surface area contributed by atoms with E-state index in [1.807, 2.05) is 38.3 Å². The fourth-order valence-electron chi connectivity index (χ4n) is 1.15. The number of rotatable bonds is 2. The Kier molecular flexibility index (Phi) is 5.08. The molecule has 2 rings (SSSR count). The molecule has 1 N–H and O–H groups in total. The maximum Gasteiger partial charge on any atom is 0.0998 e. The molecule has 0 saturated heterocycles. The van der Waals surface area contributed by atoms with E-state index in [0.717, 1.165) is 22.0 Å². The minimum atomic E-state index is 0.0311. The van der Waals surface area contributed by atoms with Crippen LogP contribution < -0.4 is 0 Å². The Bertz CT molecular complexity index is 423. The lowest BCUT2D eigenvalue weighted by Crippen LogP contribution is -1.87. The maximum atomic E-state index is 8.85. The summed E-state index contributed by atoms with van der Waals surface area (Å²) in [6.07, 6.45) is 1.67. The number of nitrogens with zero attached hydrogens (tertiary/aromatic N) is 2. The lowest BCUT2D eigenvalue weighted by Gasteiger charge is -1.97. The van der Waals surface area contributed by atoms with Gasteiger partial charge in [0.2, 0.25) is 0 Å². The van der Waals surface area contributed by atoms with Gasteiger partial charge in [-0.2, -0.15) is 0 Å². The van der Waals surface area contributed by atoms with Crippen molar-refractivity contribution in [1.82, 2.24) is 9.97 Å². The van der Waals surface area contributed by atoms with Crippen LogP contribution in [0.4, 0.5) is 0 Å². The molecule has 2 aromatic rings. The standard InChI is InChI=1S/C10H10N2OS.C2H6/c1-7-12-10(6-14-7)9-3-2-8(5-13)4-11-9;1-2/h2-4,6,13H,5H2,1H3;1-2H3. The maximum absolute atomic E-state index is 8.85. The highest BCUT2D eigenvalue weighted by molar-refractivity contribution is 7.09. The van der Waals surface area contributed by atoms with Crippen LogP contribution >= 0.6 is 11.3 Å². The monoisotopic (exact) mass is 236 g/mol. The highest BCUT2D eigenvalue weighted by Gasteiger charge is 2.02. The minimum absolute atomic E-state index is 0.0311. The molecular weight excluding hydrogens is 220 g/mol. The van der Waals surface area contributed by atoms with Gasteiger partial charge in [-0.1, -0.05) is 19.9 Å². The smallest absolute Gasteiger partial charge is 0.0998 e. The summed E-state index contributed by atoms with van der Waals surface area (Å²) < 4.78 is 0. The normalized spacial score (nSPS) is 9.50. The van der Waals surface area contributed by atoms with Crippen LogP contribution in [0.3, 0.4) is 0 Å². The van der Waals surface area contributed by atoms with Crippen LogP contribution in [0.5, 0.6) is 0 Å². The quantitative estimate of drug-likeness (QED) is 0.871. The molecule has 0 spiro atoms. The van der Waals surface area contributed by atoms with Gasteiger partial charge in [0.15, 0.2) is 0 Å². The van der Waals surface area contributed by atoms with Gasteiger partial charge < -0.3 is 5.11 Å². The van der Waals surface area contributed by atoms with Crippen LogP contribution in [-0.4, -0.2) is 15.1 Å². The number of aromatic nitrogens is 2. The van der Waals surface area contributed by atoms with Crippen molar-refractivity contribution in [3.8, 4) is 11.4 Å². The second-order valence-electron chi connectivity index (χ2n) is 2.96. The first-order valence-electron chi connectivity index (χ1n) is 5.28. The predicted octanol–water partition coefficient (Wildman–Crippen LogP) is 3.03. The van der Waals surface area contributed by atoms with E-state index in [1.165, 1.54) is 0 Å². The van der Waals surface area contributed by atoms with Crippen molar-refractivity contribution in [3.05, 3.63) is 34.3 Å². The average Bonchev–Trinajstić information content (AvgIpc) is 2.79. The number of hydrogen-bond donors (Lipinski definition) is 1. The van der Waals surface area contributed by atoms with Gasteiger partial charge in [-0.05, 0) is 18.6 Å². The molecule has 0 aromatic carbocycles. The van der Waals surface area contributed by atoms with Gasteiger partial charge >= 0.3 is 0 Å². The fraction of sp³-hybridized carbons (Fsp3) is 0.333. The van der Waals surface area contributed by atoms with Crippen molar-refractivity contribution in [1.29, 1.82) is 0 Å². The molecule has 0 radical (unpaired) electrons. The third kappa shape index (κ3) is 3.12. The number of hydrogen-bond acceptors (Lipinski definition) is 4. The molecule has 0 bridgehead atoms. The van der Waals surface area contributed by atoms with Crippen LogP contribution in [0.2, 0.25) is 0 Å². The summed E-state index contributed by atoms with van der Waals surface area (Å²) in [5.41, 5.74) is 2.57. The molecule has 0 aliphatic heterocycles. The largest absolute Gasteiger partial charge is 0.392 e. The summed E-state index contributed by atoms with van der Waals surface area (Å²) in [5, 5.41) is 11.9. The molecule has 86 valence electrons. The van der Waals surface area contributed by atoms with Crippen LogP contribution in [0.25, 0.3) is 11.4 Å². The average molecular weight is 236 g/mol. The highest BCUT2D eigenvalue weighted by atomic mass is 32.1. The summed E-state index contributed by atoms with van der Waals surface area (Å²) >= 11 is 1.61. The number of aliphatic hydroxyl groups excluding tert-OH is 1. The lowest BCUT2D eigenvalue weighted by atomic mass is 10.2. The van der Waals surface area contributed by atoms with Crippen LogP contribution in [0, 0.1) is 6.92 Å². The highest BCUT2D eigenvalue weighted by Crippen LogP contribution is 2.19. The molecule has 16 heavy (non-hydrogen) atoms. The summed E-state index contributed by atoms with van der Waals surface area (Å²) in [4.78, 5) is 8.55. The van der Waals surface area contributed by atoms with Gasteiger partial charge in [0.1, 0.15) is 0 Å². The van der Waals surface area contributed by atoms with Crippen molar-refractivity contribution < 1.29 is 5.11 Å². The first kappa shape index (κ1) is 12.8. The van der Waals surface area contributed by atoms with Gasteiger partial charge in [0.05, 0.1) is 23.0 Å². The fourth-order valence-corrected chi connectivity index (χ4v) is 1.76. The summed E-state index contributed by atoms with van der Waals surface area (Å²) in [5.74, 6) is 0. The van der Waals surface area contributed by atoms with E-state index in [0.29, 0.717) is 0 Å². The third-order valence-electron chi connectivity index (χ3n) is 1.89. The molecule has 0 aliphatic rings. The zero-order valence-corrected chi connectivity index (χ0v) is 10.6. The summed E-state index contributed by atoms with van der Waals surface area (Å²) in [6.45, 7) is 6.00. The third-order valence-corrected chi connectivity index (χ3v) is 2.66. The molecular formula is C12H16N2OS. The van der Waals surface area contributed by atoms with E-state index in [-0.39, 0.29) is 6.61 Å². The Hall–Kier alpha value is -1.26. The van der Waals surface area contributed by atoms with Crippen molar-refractivity contribution in [2.75, 3.05) is 0 Å². The number of aliphatic hydroxyl groups is 1. The van der Waals surface area contributed by atoms with Crippen molar-refractivity contribution in [3.63, 3.8) is 0 Å². The van der Waals surface area contributed by atoms with Crippen LogP contribution in [0.15, 0.2) is 23.7 Å². The molecule has 3 nitrogen and oxygen atoms in total. The zero-order chi connectivity index (χ0) is 12.0. The van der Waals surface area contributed by atoms with E-state index >= 15 is 0 Å². The lowest BCUT2D eigenvalue weighted by molar-refractivity contribution is 0.281. The molecule has 0 unspecified atom stereocenters. The van der Waals surface area contributed by atoms with Crippen molar-refractivity contribution >= 4 is 11.3 Å². The van der Waals surface area contributed by atoms with E-state index in [1.54, 1.807) is 17.5 Å². The van der Waals surface area contributed by atoms with Gasteiger partial charge in [0.25, 0.3) is 0 Å². The molecule has 4 heteroatoms. The zero-order valence-electron chi connectivity index (χ0n) is 9.77. The number of pyridine rings is 1. The second kappa shape index (κ2) is 6.35. The molecule has 0 saturated carbocycles. The predicted molar refractivity (Wildman–Crippen MR) is 67.4 cm³/mol. The Morgan fingerprint density at radius 1 is 1.25 bits per heavy atom. The van der Waals surface area contributed by atoms with E-state index in [2.05, 4.69) is 9.97 Å². The number of thiazole rings is 1.